The number of carbonyl (C=O) groups excluding carboxylic acids is 2. The molecule has 1 aromatic carbocycles. The molecule has 1 aliphatic carbocycles. The first-order valence-corrected chi connectivity index (χ1v) is 14.8. The molecule has 1 fully saturated rings. The maximum atomic E-state index is 13.9. The number of pyridine rings is 1. The minimum Gasteiger partial charge on any atom is -0.361 e. The predicted molar refractivity (Wildman–Crippen MR) is 159 cm³/mol. The van der Waals surface area contributed by atoms with Crippen LogP contribution in [-0.2, 0) is 22.4 Å². The Balaban J connectivity index is 1.43. The van der Waals surface area contributed by atoms with E-state index in [0.717, 1.165) is 43.6 Å². The lowest BCUT2D eigenvalue weighted by molar-refractivity contribution is -0.145. The SMILES string of the molecule is CC1CN(CCCNC(=O)[C@H]2CN(C(=O)C(C)(C)C)CCN2C2c3ccc(Cl)cc3CCc3cccnc32)C=N1. The number of hydrogen-bond donors (Lipinski definition) is 1. The summed E-state index contributed by atoms with van der Waals surface area (Å²) in [7, 11) is 0. The first-order chi connectivity index (χ1) is 19.1. The number of nitrogens with one attached hydrogen (secondary N) is 1. The normalized spacial score (nSPS) is 23.0. The Kier molecular flexibility index (Phi) is 8.47. The van der Waals surface area contributed by atoms with Gasteiger partial charge in [-0.15, -0.1) is 0 Å². The van der Waals surface area contributed by atoms with E-state index in [-0.39, 0.29) is 17.9 Å². The summed E-state index contributed by atoms with van der Waals surface area (Å²) in [5.41, 5.74) is 3.98. The van der Waals surface area contributed by atoms with Crippen LogP contribution in [0.5, 0.6) is 0 Å². The summed E-state index contributed by atoms with van der Waals surface area (Å²) in [6.07, 6.45) is 6.31. The van der Waals surface area contributed by atoms with Crippen molar-refractivity contribution >= 4 is 29.8 Å². The predicted octanol–water partition coefficient (Wildman–Crippen LogP) is 3.72. The van der Waals surface area contributed by atoms with Gasteiger partial charge in [-0.3, -0.25) is 24.5 Å². The van der Waals surface area contributed by atoms with Gasteiger partial charge in [-0.05, 0) is 61.1 Å². The van der Waals surface area contributed by atoms with Gasteiger partial charge in [0.25, 0.3) is 0 Å². The van der Waals surface area contributed by atoms with Crippen molar-refractivity contribution in [3.05, 3.63) is 63.9 Å². The van der Waals surface area contributed by atoms with Gasteiger partial charge in [-0.1, -0.05) is 44.5 Å². The second-order valence-electron chi connectivity index (χ2n) is 12.3. The van der Waals surface area contributed by atoms with Crippen LogP contribution in [0, 0.1) is 5.41 Å². The Morgan fingerprint density at radius 3 is 2.65 bits per heavy atom. The van der Waals surface area contributed by atoms with E-state index in [0.29, 0.717) is 37.2 Å². The van der Waals surface area contributed by atoms with Gasteiger partial charge in [0.15, 0.2) is 0 Å². The molecule has 214 valence electrons. The summed E-state index contributed by atoms with van der Waals surface area (Å²) in [5.74, 6) is 0.0195. The van der Waals surface area contributed by atoms with Crippen molar-refractivity contribution in [2.24, 2.45) is 10.4 Å². The average molecular weight is 565 g/mol. The highest BCUT2D eigenvalue weighted by atomic mass is 35.5. The second-order valence-corrected chi connectivity index (χ2v) is 12.7. The number of aryl methyl sites for hydroxylation is 2. The van der Waals surface area contributed by atoms with Crippen molar-refractivity contribution in [1.29, 1.82) is 0 Å². The fraction of sp³-hybridized carbons (Fsp3) is 0.548. The Morgan fingerprint density at radius 2 is 1.90 bits per heavy atom. The van der Waals surface area contributed by atoms with Crippen molar-refractivity contribution in [2.45, 2.75) is 65.1 Å². The maximum absolute atomic E-state index is 13.9. The number of nitrogens with zero attached hydrogens (tertiary/aromatic N) is 5. The van der Waals surface area contributed by atoms with Crippen LogP contribution in [0.3, 0.4) is 0 Å². The van der Waals surface area contributed by atoms with Crippen molar-refractivity contribution < 1.29 is 9.59 Å². The van der Waals surface area contributed by atoms with Crippen LogP contribution in [0.25, 0.3) is 0 Å². The highest BCUT2D eigenvalue weighted by molar-refractivity contribution is 6.30. The van der Waals surface area contributed by atoms with E-state index < -0.39 is 11.5 Å². The lowest BCUT2D eigenvalue weighted by Gasteiger charge is -2.45. The third-order valence-electron chi connectivity index (χ3n) is 8.14. The van der Waals surface area contributed by atoms with Crippen molar-refractivity contribution in [2.75, 3.05) is 39.3 Å². The molecule has 3 atom stereocenters. The molecule has 2 aromatic rings. The highest BCUT2D eigenvalue weighted by Crippen LogP contribution is 2.39. The molecule has 0 saturated carbocycles. The minimum atomic E-state index is -0.516. The number of aliphatic imine (C=N–C) groups is 1. The lowest BCUT2D eigenvalue weighted by Crippen LogP contribution is -2.62. The molecule has 3 aliphatic rings. The molecule has 2 unspecified atom stereocenters. The fourth-order valence-electron chi connectivity index (χ4n) is 6.12. The molecule has 1 N–H and O–H groups in total. The number of amides is 2. The molecule has 5 rings (SSSR count). The van der Waals surface area contributed by atoms with Crippen molar-refractivity contribution in [3.63, 3.8) is 0 Å². The molecule has 2 amide bonds. The molecule has 3 heterocycles. The van der Waals surface area contributed by atoms with E-state index in [2.05, 4.69) is 39.2 Å². The number of halogens is 1. The Hall–Kier alpha value is -2.97. The summed E-state index contributed by atoms with van der Waals surface area (Å²) in [6.45, 7) is 11.7. The zero-order chi connectivity index (χ0) is 28.4. The van der Waals surface area contributed by atoms with Crippen LogP contribution in [0.15, 0.2) is 41.5 Å². The first kappa shape index (κ1) is 28.6. The van der Waals surface area contributed by atoms with Crippen LogP contribution in [0.2, 0.25) is 5.02 Å². The standard InChI is InChI=1S/C31H41ClN6O2/c1-21-18-36(20-35-21)14-6-13-34-29(39)26-19-37(30(40)31(2,3)4)15-16-38(26)28-25-11-10-24(32)17-23(25)9-8-22-7-5-12-33-27(22)28/h5,7,10-12,17,20-21,26,28H,6,8-9,13-16,18-19H2,1-4H3,(H,34,39)/t21?,26-,28?/m1/s1. The van der Waals surface area contributed by atoms with Crippen LogP contribution in [0.4, 0.5) is 0 Å². The molecular weight excluding hydrogens is 524 g/mol. The molecule has 1 aromatic heterocycles. The van der Waals surface area contributed by atoms with E-state index in [1.165, 1.54) is 11.1 Å². The second kappa shape index (κ2) is 11.9. The molecule has 0 bridgehead atoms. The number of fused-ring (bicyclic) bond motifs is 2. The molecule has 8 nitrogen and oxygen atoms in total. The van der Waals surface area contributed by atoms with Crippen molar-refractivity contribution in [1.82, 2.24) is 25.0 Å². The quantitative estimate of drug-likeness (QED) is 0.541. The van der Waals surface area contributed by atoms with E-state index in [1.807, 2.05) is 56.4 Å². The Labute approximate surface area is 242 Å². The lowest BCUT2D eigenvalue weighted by atomic mass is 9.91. The third-order valence-corrected chi connectivity index (χ3v) is 8.37. The molecule has 2 aliphatic heterocycles. The average Bonchev–Trinajstić information content (AvgIpc) is 3.27. The maximum Gasteiger partial charge on any atom is 0.239 e. The molecule has 1 saturated heterocycles. The van der Waals surface area contributed by atoms with Gasteiger partial charge in [-0.2, -0.15) is 0 Å². The van der Waals surface area contributed by atoms with Gasteiger partial charge in [0.2, 0.25) is 11.8 Å². The topological polar surface area (TPSA) is 81.1 Å². The zero-order valence-corrected chi connectivity index (χ0v) is 24.8. The van der Waals surface area contributed by atoms with Crippen LogP contribution in [-0.4, -0.2) is 89.2 Å². The number of rotatable bonds is 6. The van der Waals surface area contributed by atoms with E-state index >= 15 is 0 Å². The third kappa shape index (κ3) is 6.18. The molecular formula is C31H41ClN6O2. The van der Waals surface area contributed by atoms with Crippen molar-refractivity contribution in [3.8, 4) is 0 Å². The van der Waals surface area contributed by atoms with E-state index in [4.69, 9.17) is 16.6 Å². The summed E-state index contributed by atoms with van der Waals surface area (Å²) in [4.78, 5) is 42.8. The fourth-order valence-corrected chi connectivity index (χ4v) is 6.31. The van der Waals surface area contributed by atoms with Gasteiger partial charge in [0.1, 0.15) is 6.04 Å². The summed E-state index contributed by atoms with van der Waals surface area (Å²) >= 11 is 6.43. The molecule has 0 radical (unpaired) electrons. The van der Waals surface area contributed by atoms with E-state index in [9.17, 15) is 9.59 Å². The highest BCUT2D eigenvalue weighted by Gasteiger charge is 2.42. The van der Waals surface area contributed by atoms with Gasteiger partial charge in [-0.25, -0.2) is 0 Å². The number of piperazine rings is 1. The zero-order valence-electron chi connectivity index (χ0n) is 24.1. The van der Waals surface area contributed by atoms with Crippen LogP contribution < -0.4 is 5.32 Å². The monoisotopic (exact) mass is 564 g/mol. The number of hydrogen-bond acceptors (Lipinski definition) is 6. The van der Waals surface area contributed by atoms with Crippen LogP contribution in [0.1, 0.15) is 62.5 Å². The Bertz CT molecular complexity index is 1270. The van der Waals surface area contributed by atoms with Gasteiger partial charge in [0.05, 0.1) is 24.1 Å². The Morgan fingerprint density at radius 1 is 1.10 bits per heavy atom. The van der Waals surface area contributed by atoms with Crippen LogP contribution >= 0.6 is 11.6 Å². The smallest absolute Gasteiger partial charge is 0.239 e. The largest absolute Gasteiger partial charge is 0.361 e. The van der Waals surface area contributed by atoms with Gasteiger partial charge >= 0.3 is 0 Å². The summed E-state index contributed by atoms with van der Waals surface area (Å²) in [6, 6.07) is 9.81. The summed E-state index contributed by atoms with van der Waals surface area (Å²) in [5, 5.41) is 3.91. The van der Waals surface area contributed by atoms with E-state index in [1.54, 1.807) is 0 Å². The first-order valence-electron chi connectivity index (χ1n) is 14.4. The summed E-state index contributed by atoms with van der Waals surface area (Å²) < 4.78 is 0. The molecule has 40 heavy (non-hydrogen) atoms. The number of benzene rings is 1. The van der Waals surface area contributed by atoms with Gasteiger partial charge in [0, 0.05) is 55.9 Å². The van der Waals surface area contributed by atoms with Gasteiger partial charge < -0.3 is 15.1 Å². The number of aromatic nitrogens is 1. The minimum absolute atomic E-state index is 0.0490. The number of carbonyl (C=O) groups is 2. The molecule has 0 spiro atoms. The molecule has 9 heteroatoms.